The summed E-state index contributed by atoms with van der Waals surface area (Å²) in [5, 5.41) is 10.1. The van der Waals surface area contributed by atoms with Gasteiger partial charge in [0.05, 0.1) is 19.3 Å². The second-order valence-electron chi connectivity index (χ2n) is 4.14. The molecule has 2 rings (SSSR count). The third-order valence-electron chi connectivity index (χ3n) is 2.84. The Kier molecular flexibility index (Phi) is 4.98. The topological polar surface area (TPSA) is 38.7 Å². The zero-order chi connectivity index (χ0) is 12.1. The van der Waals surface area contributed by atoms with Crippen molar-refractivity contribution in [1.29, 1.82) is 0 Å². The molecular weight excluding hydrogens is 284 g/mol. The first-order chi connectivity index (χ1) is 8.27. The number of hydrogen-bond acceptors (Lipinski definition) is 3. The lowest BCUT2D eigenvalue weighted by atomic mass is 10.0. The number of ether oxygens (including phenoxy) is 2. The van der Waals surface area contributed by atoms with E-state index in [0.717, 1.165) is 36.1 Å². The van der Waals surface area contributed by atoms with E-state index in [1.807, 2.05) is 24.3 Å². The molecule has 1 atom stereocenters. The van der Waals surface area contributed by atoms with E-state index >= 15 is 0 Å². The summed E-state index contributed by atoms with van der Waals surface area (Å²) in [5.74, 6) is 0. The molecule has 1 N–H and O–H groups in total. The number of aliphatic hydroxyl groups is 1. The van der Waals surface area contributed by atoms with E-state index in [1.165, 1.54) is 0 Å². The molecule has 1 aliphatic heterocycles. The molecule has 1 fully saturated rings. The number of hydrogen-bond donors (Lipinski definition) is 1. The fourth-order valence-corrected chi connectivity index (χ4v) is 2.45. The van der Waals surface area contributed by atoms with Crippen LogP contribution in [0.4, 0.5) is 0 Å². The summed E-state index contributed by atoms with van der Waals surface area (Å²) in [5.41, 5.74) is 0.920. The lowest BCUT2D eigenvalue weighted by Gasteiger charge is -2.24. The minimum atomic E-state index is -0.472. The summed E-state index contributed by atoms with van der Waals surface area (Å²) in [6, 6.07) is 7.73. The average Bonchev–Trinajstić information content (AvgIpc) is 2.38. The summed E-state index contributed by atoms with van der Waals surface area (Å²) < 4.78 is 11.8. The van der Waals surface area contributed by atoms with Gasteiger partial charge in [0.1, 0.15) is 0 Å². The highest BCUT2D eigenvalue weighted by atomic mass is 79.9. The molecule has 1 aliphatic rings. The quantitative estimate of drug-likeness (QED) is 0.929. The van der Waals surface area contributed by atoms with Gasteiger partial charge in [-0.2, -0.15) is 0 Å². The number of halogens is 1. The van der Waals surface area contributed by atoms with Crippen molar-refractivity contribution in [3.05, 3.63) is 34.3 Å². The molecule has 1 aromatic carbocycles. The maximum atomic E-state index is 10.1. The van der Waals surface area contributed by atoms with Crippen LogP contribution in [0.25, 0.3) is 0 Å². The van der Waals surface area contributed by atoms with Gasteiger partial charge in [0, 0.05) is 10.9 Å². The van der Waals surface area contributed by atoms with Gasteiger partial charge in [-0.15, -0.1) is 0 Å². The van der Waals surface area contributed by atoms with Crippen molar-refractivity contribution in [2.45, 2.75) is 31.7 Å². The Balaban J connectivity index is 1.84. The van der Waals surface area contributed by atoms with Crippen LogP contribution in [-0.4, -0.2) is 24.6 Å². The van der Waals surface area contributed by atoms with Gasteiger partial charge in [-0.1, -0.05) is 34.1 Å². The molecule has 1 aromatic rings. The van der Waals surface area contributed by atoms with Crippen LogP contribution in [0.3, 0.4) is 0 Å². The smallest absolute Gasteiger partial charge is 0.157 e. The Labute approximate surface area is 110 Å². The van der Waals surface area contributed by atoms with E-state index in [1.54, 1.807) is 0 Å². The molecule has 1 saturated heterocycles. The molecule has 0 spiro atoms. The second kappa shape index (κ2) is 6.50. The second-order valence-corrected chi connectivity index (χ2v) is 4.99. The molecule has 0 bridgehead atoms. The molecule has 94 valence electrons. The molecule has 4 heteroatoms. The van der Waals surface area contributed by atoms with Crippen molar-refractivity contribution in [2.75, 3.05) is 13.2 Å². The summed E-state index contributed by atoms with van der Waals surface area (Å²) in [6.07, 6.45) is 1.71. The number of aliphatic hydroxyl groups excluding tert-OH is 1. The molecule has 0 aliphatic carbocycles. The van der Waals surface area contributed by atoms with Crippen LogP contribution in [0.15, 0.2) is 28.7 Å². The average molecular weight is 301 g/mol. The molecular formula is C13H17BrO3. The normalized spacial score (nSPS) is 19.2. The Morgan fingerprint density at radius 1 is 1.29 bits per heavy atom. The Morgan fingerprint density at radius 2 is 2.00 bits per heavy atom. The van der Waals surface area contributed by atoms with E-state index in [-0.39, 0.29) is 6.29 Å². The third kappa shape index (κ3) is 3.78. The third-order valence-corrected chi connectivity index (χ3v) is 3.56. The van der Waals surface area contributed by atoms with Crippen LogP contribution in [0.2, 0.25) is 0 Å². The van der Waals surface area contributed by atoms with Gasteiger partial charge in [-0.25, -0.2) is 0 Å². The Hall–Kier alpha value is -0.420. The summed E-state index contributed by atoms with van der Waals surface area (Å²) in [7, 11) is 0. The van der Waals surface area contributed by atoms with Gasteiger partial charge in [0.2, 0.25) is 0 Å². The van der Waals surface area contributed by atoms with Crippen molar-refractivity contribution in [1.82, 2.24) is 0 Å². The Morgan fingerprint density at radius 3 is 2.71 bits per heavy atom. The van der Waals surface area contributed by atoms with E-state index in [2.05, 4.69) is 15.9 Å². The zero-order valence-electron chi connectivity index (χ0n) is 9.64. The largest absolute Gasteiger partial charge is 0.388 e. The molecule has 1 heterocycles. The van der Waals surface area contributed by atoms with E-state index in [4.69, 9.17) is 9.47 Å². The molecule has 0 aromatic heterocycles. The first kappa shape index (κ1) is 13.0. The number of rotatable bonds is 4. The standard InChI is InChI=1S/C13H17BrO3/c14-11-5-2-1-4-10(11)12(15)6-7-13-16-8-3-9-17-13/h1-2,4-5,12-13,15H,3,6-9H2/t12-/m1/s1. The molecule has 0 saturated carbocycles. The van der Waals surface area contributed by atoms with Gasteiger partial charge in [-0.05, 0) is 24.5 Å². The summed E-state index contributed by atoms with van der Waals surface area (Å²) in [6.45, 7) is 1.52. The van der Waals surface area contributed by atoms with Crippen molar-refractivity contribution < 1.29 is 14.6 Å². The van der Waals surface area contributed by atoms with Crippen molar-refractivity contribution >= 4 is 15.9 Å². The zero-order valence-corrected chi connectivity index (χ0v) is 11.2. The van der Waals surface area contributed by atoms with Crippen molar-refractivity contribution in [3.63, 3.8) is 0 Å². The monoisotopic (exact) mass is 300 g/mol. The Bertz CT molecular complexity index is 350. The minimum absolute atomic E-state index is 0.152. The predicted octanol–water partition coefficient (Wildman–Crippen LogP) is 3.03. The van der Waals surface area contributed by atoms with Crippen LogP contribution in [-0.2, 0) is 9.47 Å². The van der Waals surface area contributed by atoms with Crippen molar-refractivity contribution in [2.24, 2.45) is 0 Å². The van der Waals surface area contributed by atoms with Crippen LogP contribution in [0.1, 0.15) is 30.9 Å². The molecule has 0 radical (unpaired) electrons. The maximum Gasteiger partial charge on any atom is 0.157 e. The highest BCUT2D eigenvalue weighted by Gasteiger charge is 2.17. The van der Waals surface area contributed by atoms with E-state index < -0.39 is 6.10 Å². The highest BCUT2D eigenvalue weighted by molar-refractivity contribution is 9.10. The fraction of sp³-hybridized carbons (Fsp3) is 0.538. The van der Waals surface area contributed by atoms with E-state index in [9.17, 15) is 5.11 Å². The van der Waals surface area contributed by atoms with Crippen LogP contribution < -0.4 is 0 Å². The summed E-state index contributed by atoms with van der Waals surface area (Å²) >= 11 is 3.44. The van der Waals surface area contributed by atoms with Crippen LogP contribution in [0, 0.1) is 0 Å². The SMILES string of the molecule is O[C@H](CCC1OCCCO1)c1ccccc1Br. The van der Waals surface area contributed by atoms with Gasteiger partial charge in [0.15, 0.2) is 6.29 Å². The van der Waals surface area contributed by atoms with Gasteiger partial charge >= 0.3 is 0 Å². The molecule has 3 nitrogen and oxygen atoms in total. The maximum absolute atomic E-state index is 10.1. The van der Waals surface area contributed by atoms with Gasteiger partial charge in [0.25, 0.3) is 0 Å². The van der Waals surface area contributed by atoms with Crippen LogP contribution >= 0.6 is 15.9 Å². The lowest BCUT2D eigenvalue weighted by Crippen LogP contribution is -2.25. The van der Waals surface area contributed by atoms with Crippen molar-refractivity contribution in [3.8, 4) is 0 Å². The number of benzene rings is 1. The van der Waals surface area contributed by atoms with Crippen LogP contribution in [0.5, 0.6) is 0 Å². The van der Waals surface area contributed by atoms with Gasteiger partial charge < -0.3 is 14.6 Å². The highest BCUT2D eigenvalue weighted by Crippen LogP contribution is 2.27. The molecule has 17 heavy (non-hydrogen) atoms. The summed E-state index contributed by atoms with van der Waals surface area (Å²) in [4.78, 5) is 0. The molecule has 0 unspecified atom stereocenters. The minimum Gasteiger partial charge on any atom is -0.388 e. The van der Waals surface area contributed by atoms with Gasteiger partial charge in [-0.3, -0.25) is 0 Å². The predicted molar refractivity (Wildman–Crippen MR) is 68.6 cm³/mol. The fourth-order valence-electron chi connectivity index (χ4n) is 1.90. The molecule has 0 amide bonds. The lowest BCUT2D eigenvalue weighted by molar-refractivity contribution is -0.183. The first-order valence-electron chi connectivity index (χ1n) is 5.93. The van der Waals surface area contributed by atoms with E-state index in [0.29, 0.717) is 6.42 Å². The first-order valence-corrected chi connectivity index (χ1v) is 6.72.